The number of nitrogens with zero attached hydrogens (tertiary/aromatic N) is 3. The number of hydrogen-bond acceptors (Lipinski definition) is 8. The number of thiophene rings is 1. The molecule has 1 atom stereocenters. The second-order valence-electron chi connectivity index (χ2n) is 6.96. The molecule has 4 aromatic rings. The molecule has 5 rings (SSSR count). The molecular formula is C19H19N5O3S. The van der Waals surface area contributed by atoms with Crippen molar-refractivity contribution in [3.63, 3.8) is 0 Å². The zero-order chi connectivity index (χ0) is 19.3. The molecule has 8 nitrogen and oxygen atoms in total. The summed E-state index contributed by atoms with van der Waals surface area (Å²) in [6, 6.07) is 3.88. The van der Waals surface area contributed by atoms with E-state index in [1.165, 1.54) is 5.56 Å². The summed E-state index contributed by atoms with van der Waals surface area (Å²) in [5.74, 6) is 1.29. The first kappa shape index (κ1) is 17.4. The first-order chi connectivity index (χ1) is 13.6. The number of anilines is 2. The van der Waals surface area contributed by atoms with Crippen molar-refractivity contribution in [2.45, 2.75) is 25.6 Å². The van der Waals surface area contributed by atoms with E-state index in [9.17, 15) is 10.2 Å². The van der Waals surface area contributed by atoms with Crippen molar-refractivity contribution in [3.8, 4) is 5.75 Å². The Labute approximate surface area is 164 Å². The zero-order valence-corrected chi connectivity index (χ0v) is 16.0. The summed E-state index contributed by atoms with van der Waals surface area (Å²) in [7, 11) is 1.63. The van der Waals surface area contributed by atoms with Crippen LogP contribution in [0.4, 0.5) is 11.5 Å². The summed E-state index contributed by atoms with van der Waals surface area (Å²) in [4.78, 5) is 11.0. The molecule has 144 valence electrons. The average Bonchev–Trinajstić information content (AvgIpc) is 3.30. The number of ether oxygens (including phenoxy) is 1. The Bertz CT molecular complexity index is 1170. The molecule has 0 radical (unpaired) electrons. The largest absolute Gasteiger partial charge is 0.494 e. The summed E-state index contributed by atoms with van der Waals surface area (Å²) in [5.41, 5.74) is 2.90. The van der Waals surface area contributed by atoms with Gasteiger partial charge in [-0.1, -0.05) is 0 Å². The fourth-order valence-corrected chi connectivity index (χ4v) is 5.13. The van der Waals surface area contributed by atoms with Gasteiger partial charge in [0.25, 0.3) is 0 Å². The van der Waals surface area contributed by atoms with Crippen LogP contribution in [0, 0.1) is 5.92 Å². The second kappa shape index (κ2) is 6.69. The van der Waals surface area contributed by atoms with Gasteiger partial charge in [-0.25, -0.2) is 9.97 Å². The molecule has 3 aromatic heterocycles. The molecule has 0 spiro atoms. The lowest BCUT2D eigenvalue weighted by molar-refractivity contribution is -0.0865. The van der Waals surface area contributed by atoms with Crippen LogP contribution >= 0.6 is 11.3 Å². The molecule has 1 aliphatic rings. The third kappa shape index (κ3) is 2.79. The van der Waals surface area contributed by atoms with E-state index in [4.69, 9.17) is 4.74 Å². The number of hydrogen-bond donors (Lipinski definition) is 4. The van der Waals surface area contributed by atoms with E-state index in [-0.39, 0.29) is 5.92 Å². The van der Waals surface area contributed by atoms with E-state index in [1.807, 2.05) is 12.1 Å². The normalized spacial score (nSPS) is 16.6. The fourth-order valence-electron chi connectivity index (χ4n) is 3.85. The van der Waals surface area contributed by atoms with Crippen LogP contribution in [0.5, 0.6) is 5.75 Å². The van der Waals surface area contributed by atoms with E-state index in [1.54, 1.807) is 31.0 Å². The third-order valence-corrected chi connectivity index (χ3v) is 6.48. The minimum absolute atomic E-state index is 0.131. The van der Waals surface area contributed by atoms with Gasteiger partial charge in [-0.2, -0.15) is 5.10 Å². The molecule has 1 aliphatic carbocycles. The van der Waals surface area contributed by atoms with E-state index in [0.29, 0.717) is 12.2 Å². The Kier molecular flexibility index (Phi) is 4.15. The summed E-state index contributed by atoms with van der Waals surface area (Å²) in [6.07, 6.45) is 4.19. The molecule has 0 aliphatic heterocycles. The Morgan fingerprint density at radius 1 is 1.32 bits per heavy atom. The van der Waals surface area contributed by atoms with Crippen LogP contribution in [0.2, 0.25) is 0 Å². The molecule has 0 fully saturated rings. The van der Waals surface area contributed by atoms with Gasteiger partial charge >= 0.3 is 0 Å². The van der Waals surface area contributed by atoms with Crippen LogP contribution in [-0.2, 0) is 12.8 Å². The van der Waals surface area contributed by atoms with Gasteiger partial charge < -0.3 is 20.3 Å². The van der Waals surface area contributed by atoms with Gasteiger partial charge in [-0.05, 0) is 30.9 Å². The number of methoxy groups -OCH3 is 1. The average molecular weight is 397 g/mol. The van der Waals surface area contributed by atoms with Crippen LogP contribution in [0.1, 0.15) is 16.9 Å². The topological polar surface area (TPSA) is 116 Å². The monoisotopic (exact) mass is 397 g/mol. The van der Waals surface area contributed by atoms with E-state index >= 15 is 0 Å². The number of fused-ring (bicyclic) bond motifs is 4. The van der Waals surface area contributed by atoms with Gasteiger partial charge in [0.1, 0.15) is 22.7 Å². The number of aryl methyl sites for hydroxylation is 1. The molecule has 9 heteroatoms. The number of H-pyrrole nitrogens is 1. The SMILES string of the molecule is COc1cc2[nH]ncc2cc1Nc1ncnc2sc3c(c12)CCC(C(O)O)C3. The Balaban J connectivity index is 1.59. The van der Waals surface area contributed by atoms with Gasteiger partial charge in [0.2, 0.25) is 0 Å². The van der Waals surface area contributed by atoms with Crippen LogP contribution in [0.25, 0.3) is 21.1 Å². The van der Waals surface area contributed by atoms with Crippen LogP contribution in [0.15, 0.2) is 24.7 Å². The third-order valence-electron chi connectivity index (χ3n) is 5.32. The number of aliphatic hydroxyl groups is 2. The quantitative estimate of drug-likeness (QED) is 0.391. The van der Waals surface area contributed by atoms with Gasteiger partial charge in [-0.3, -0.25) is 5.10 Å². The lowest BCUT2D eigenvalue weighted by Gasteiger charge is -2.23. The van der Waals surface area contributed by atoms with Crippen molar-refractivity contribution in [1.29, 1.82) is 0 Å². The van der Waals surface area contributed by atoms with Crippen LogP contribution in [-0.4, -0.2) is 43.8 Å². The maximum Gasteiger partial charge on any atom is 0.154 e. The highest BCUT2D eigenvalue weighted by Crippen LogP contribution is 2.41. The molecule has 0 saturated carbocycles. The molecule has 3 heterocycles. The molecule has 0 bridgehead atoms. The predicted molar refractivity (Wildman–Crippen MR) is 107 cm³/mol. The molecule has 28 heavy (non-hydrogen) atoms. The minimum Gasteiger partial charge on any atom is -0.494 e. The molecule has 0 saturated heterocycles. The maximum atomic E-state index is 9.55. The molecular weight excluding hydrogens is 378 g/mol. The van der Waals surface area contributed by atoms with Crippen LogP contribution < -0.4 is 10.1 Å². The first-order valence-corrected chi connectivity index (χ1v) is 9.85. The smallest absolute Gasteiger partial charge is 0.154 e. The Hall–Kier alpha value is -2.75. The highest BCUT2D eigenvalue weighted by molar-refractivity contribution is 7.19. The summed E-state index contributed by atoms with van der Waals surface area (Å²) in [6.45, 7) is 0. The van der Waals surface area contributed by atoms with Crippen molar-refractivity contribution >= 4 is 44.0 Å². The first-order valence-electron chi connectivity index (χ1n) is 9.03. The Morgan fingerprint density at radius 3 is 3.04 bits per heavy atom. The predicted octanol–water partition coefficient (Wildman–Crippen LogP) is 2.74. The number of aliphatic hydroxyl groups excluding tert-OH is 1. The number of nitrogens with one attached hydrogen (secondary N) is 2. The van der Waals surface area contributed by atoms with Crippen LogP contribution in [0.3, 0.4) is 0 Å². The molecule has 1 aromatic carbocycles. The summed E-state index contributed by atoms with van der Waals surface area (Å²) in [5, 5.41) is 31.5. The lowest BCUT2D eigenvalue weighted by Crippen LogP contribution is -2.25. The van der Waals surface area contributed by atoms with E-state index in [0.717, 1.165) is 50.3 Å². The maximum absolute atomic E-state index is 9.55. The second-order valence-corrected chi connectivity index (χ2v) is 8.04. The molecule has 4 N–H and O–H groups in total. The number of aromatic nitrogens is 4. The van der Waals surface area contributed by atoms with E-state index in [2.05, 4.69) is 25.5 Å². The van der Waals surface area contributed by atoms with Crippen molar-refractivity contribution < 1.29 is 14.9 Å². The number of aromatic amines is 1. The standard InChI is InChI=1S/C19H19N5O3S/c1-27-14-6-12-10(7-22-24-12)4-13(14)23-17-16-11-3-2-9(19(25)26)5-15(11)28-18(16)21-8-20-17/h4,6-9,19,25-26H,2-3,5H2,1H3,(H,22,24)(H,20,21,23). The van der Waals surface area contributed by atoms with Crippen molar-refractivity contribution in [1.82, 2.24) is 20.2 Å². The van der Waals surface area contributed by atoms with Crippen molar-refractivity contribution in [3.05, 3.63) is 35.1 Å². The lowest BCUT2D eigenvalue weighted by atomic mass is 9.87. The zero-order valence-electron chi connectivity index (χ0n) is 15.1. The summed E-state index contributed by atoms with van der Waals surface area (Å²) >= 11 is 1.60. The highest BCUT2D eigenvalue weighted by atomic mass is 32.1. The molecule has 0 amide bonds. The van der Waals surface area contributed by atoms with E-state index < -0.39 is 6.29 Å². The summed E-state index contributed by atoms with van der Waals surface area (Å²) < 4.78 is 5.53. The highest BCUT2D eigenvalue weighted by Gasteiger charge is 2.28. The van der Waals surface area contributed by atoms with Gasteiger partial charge in [-0.15, -0.1) is 11.3 Å². The van der Waals surface area contributed by atoms with Crippen molar-refractivity contribution in [2.75, 3.05) is 12.4 Å². The number of benzene rings is 1. The molecule has 1 unspecified atom stereocenters. The van der Waals surface area contributed by atoms with Gasteiger partial charge in [0, 0.05) is 22.2 Å². The fraction of sp³-hybridized carbons (Fsp3) is 0.316. The number of rotatable bonds is 4. The van der Waals surface area contributed by atoms with Crippen molar-refractivity contribution in [2.24, 2.45) is 5.92 Å². The minimum atomic E-state index is -1.28. The van der Waals surface area contributed by atoms with Gasteiger partial charge in [0.15, 0.2) is 6.29 Å². The van der Waals surface area contributed by atoms with Gasteiger partial charge in [0.05, 0.1) is 29.9 Å². The Morgan fingerprint density at radius 2 is 2.21 bits per heavy atom.